The van der Waals surface area contributed by atoms with Crippen LogP contribution < -0.4 is 5.32 Å². The summed E-state index contributed by atoms with van der Waals surface area (Å²) in [7, 11) is -0.538. The van der Waals surface area contributed by atoms with E-state index in [1.165, 1.54) is 25.0 Å². The van der Waals surface area contributed by atoms with Crippen LogP contribution in [0.25, 0.3) is 0 Å². The largest absolute Gasteiger partial charge is 0.447 e. The van der Waals surface area contributed by atoms with E-state index >= 15 is 0 Å². The molecule has 2 heterocycles. The minimum absolute atomic E-state index is 0.0217. The maximum atomic E-state index is 12.0. The summed E-state index contributed by atoms with van der Waals surface area (Å²) in [6.07, 6.45) is 0. The van der Waals surface area contributed by atoms with Crippen molar-refractivity contribution >= 4 is 21.4 Å². The molecule has 0 saturated heterocycles. The first-order valence-corrected chi connectivity index (χ1v) is 9.42. The topological polar surface area (TPSA) is 62.6 Å². The number of hydrogen-bond donors (Lipinski definition) is 1. The molecule has 2 rings (SSSR count). The smallest absolute Gasteiger partial charge is 0.275 e. The van der Waals surface area contributed by atoms with Crippen molar-refractivity contribution in [1.82, 2.24) is 9.62 Å². The lowest BCUT2D eigenvalue weighted by Gasteiger charge is -2.20. The van der Waals surface area contributed by atoms with Crippen LogP contribution >= 0.6 is 11.3 Å². The zero-order valence-corrected chi connectivity index (χ0v) is 14.9. The van der Waals surface area contributed by atoms with Crippen LogP contribution in [0, 0.1) is 5.92 Å². The fraction of sp³-hybridized carbons (Fsp3) is 0.467. The lowest BCUT2D eigenvalue weighted by Crippen LogP contribution is -2.24. The van der Waals surface area contributed by atoms with Crippen LogP contribution in [0.2, 0.25) is 0 Å². The Labute approximate surface area is 136 Å². The first-order valence-electron chi connectivity index (χ1n) is 7.10. The Balaban J connectivity index is 2.07. The van der Waals surface area contributed by atoms with Crippen molar-refractivity contribution in [3.63, 3.8) is 0 Å². The molecule has 0 saturated carbocycles. The highest BCUT2D eigenvalue weighted by molar-refractivity contribution is 7.88. The molecule has 7 heteroatoms. The van der Waals surface area contributed by atoms with Crippen molar-refractivity contribution in [3.8, 4) is 0 Å². The van der Waals surface area contributed by atoms with Crippen molar-refractivity contribution in [2.24, 2.45) is 5.92 Å². The third kappa shape index (κ3) is 3.78. The minimum Gasteiger partial charge on any atom is -0.447 e. The quantitative estimate of drug-likeness (QED) is 0.840. The summed E-state index contributed by atoms with van der Waals surface area (Å²) < 4.78 is 30.6. The van der Waals surface area contributed by atoms with E-state index in [-0.39, 0.29) is 11.1 Å². The number of nitrogens with zero attached hydrogens (tertiary/aromatic N) is 1. The predicted octanol–water partition coefficient (Wildman–Crippen LogP) is 3.08. The molecule has 0 aliphatic heterocycles. The van der Waals surface area contributed by atoms with Gasteiger partial charge in [0.1, 0.15) is 5.76 Å². The van der Waals surface area contributed by atoms with E-state index in [0.717, 1.165) is 4.31 Å². The molecule has 122 valence electrons. The second kappa shape index (κ2) is 6.95. The maximum Gasteiger partial charge on any atom is 0.275 e. The van der Waals surface area contributed by atoms with Crippen LogP contribution in [0.3, 0.4) is 0 Å². The number of furan rings is 1. The minimum atomic E-state index is -3.51. The molecule has 0 unspecified atom stereocenters. The van der Waals surface area contributed by atoms with E-state index < -0.39 is 10.0 Å². The predicted molar refractivity (Wildman–Crippen MR) is 88.3 cm³/mol. The molecular formula is C15H22N2O3S2. The van der Waals surface area contributed by atoms with Gasteiger partial charge in [-0.25, -0.2) is 12.7 Å². The summed E-state index contributed by atoms with van der Waals surface area (Å²) in [5.41, 5.74) is 0. The standard InChI is InChI=1S/C15H22N2O3S2/c1-11(2)15(13-6-5-9-21-13)16-10-12-7-8-14(20-12)22(18,19)17(3)4/h5-9,11,15-16H,10H2,1-4H3/t15-/m1/s1. The lowest BCUT2D eigenvalue weighted by atomic mass is 10.0. The highest BCUT2D eigenvalue weighted by Gasteiger charge is 2.22. The van der Waals surface area contributed by atoms with Crippen LogP contribution in [0.5, 0.6) is 0 Å². The zero-order valence-electron chi connectivity index (χ0n) is 13.2. The van der Waals surface area contributed by atoms with E-state index in [4.69, 9.17) is 4.42 Å². The van der Waals surface area contributed by atoms with Crippen molar-refractivity contribution in [2.75, 3.05) is 14.1 Å². The number of sulfonamides is 1. The number of rotatable bonds is 7. The van der Waals surface area contributed by atoms with Crippen molar-refractivity contribution in [3.05, 3.63) is 40.3 Å². The van der Waals surface area contributed by atoms with Gasteiger partial charge in [0.25, 0.3) is 10.0 Å². The van der Waals surface area contributed by atoms with Gasteiger partial charge in [0, 0.05) is 25.0 Å². The van der Waals surface area contributed by atoms with Crippen LogP contribution in [0.15, 0.2) is 39.2 Å². The summed E-state index contributed by atoms with van der Waals surface area (Å²) >= 11 is 1.71. The summed E-state index contributed by atoms with van der Waals surface area (Å²) in [5, 5.41) is 5.47. The second-order valence-electron chi connectivity index (χ2n) is 5.63. The van der Waals surface area contributed by atoms with E-state index in [1.54, 1.807) is 17.4 Å². The van der Waals surface area contributed by atoms with Gasteiger partial charge in [0.2, 0.25) is 5.09 Å². The Hall–Kier alpha value is -1.15. The van der Waals surface area contributed by atoms with E-state index in [2.05, 4.69) is 30.6 Å². The third-order valence-electron chi connectivity index (χ3n) is 3.38. The first-order chi connectivity index (χ1) is 10.3. The number of thiophene rings is 1. The van der Waals surface area contributed by atoms with Gasteiger partial charge in [0.05, 0.1) is 6.54 Å². The average Bonchev–Trinajstić information content (AvgIpc) is 3.09. The number of hydrogen-bond acceptors (Lipinski definition) is 5. The average molecular weight is 342 g/mol. The monoisotopic (exact) mass is 342 g/mol. The van der Waals surface area contributed by atoms with E-state index in [9.17, 15) is 8.42 Å². The Morgan fingerprint density at radius 3 is 2.55 bits per heavy atom. The molecule has 0 bridgehead atoms. The third-order valence-corrected chi connectivity index (χ3v) is 6.03. The van der Waals surface area contributed by atoms with Crippen molar-refractivity contribution in [1.29, 1.82) is 0 Å². The SMILES string of the molecule is CC(C)[C@@H](NCc1ccc(S(=O)(=O)N(C)C)o1)c1cccs1. The second-order valence-corrected chi connectivity index (χ2v) is 8.69. The highest BCUT2D eigenvalue weighted by atomic mass is 32.2. The maximum absolute atomic E-state index is 12.0. The fourth-order valence-electron chi connectivity index (χ4n) is 2.12. The van der Waals surface area contributed by atoms with Gasteiger partial charge in [0.15, 0.2) is 0 Å². The molecule has 0 radical (unpaired) electrons. The van der Waals surface area contributed by atoms with Gasteiger partial charge in [-0.3, -0.25) is 0 Å². The van der Waals surface area contributed by atoms with Gasteiger partial charge >= 0.3 is 0 Å². The molecule has 5 nitrogen and oxygen atoms in total. The van der Waals surface area contributed by atoms with Gasteiger partial charge in [-0.15, -0.1) is 11.3 Å². The Morgan fingerprint density at radius 2 is 2.00 bits per heavy atom. The molecule has 2 aromatic heterocycles. The molecule has 0 spiro atoms. The summed E-state index contributed by atoms with van der Waals surface area (Å²) in [6.45, 7) is 4.80. The molecule has 0 aromatic carbocycles. The molecule has 0 fully saturated rings. The molecule has 0 aliphatic carbocycles. The summed E-state index contributed by atoms with van der Waals surface area (Å²) in [5.74, 6) is 1.04. The molecule has 0 amide bonds. The molecule has 1 N–H and O–H groups in total. The summed E-state index contributed by atoms with van der Waals surface area (Å²) in [6, 6.07) is 7.56. The van der Waals surface area contributed by atoms with E-state index in [1.807, 2.05) is 6.07 Å². The first kappa shape index (κ1) is 17.2. The van der Waals surface area contributed by atoms with Crippen LogP contribution in [-0.2, 0) is 16.6 Å². The highest BCUT2D eigenvalue weighted by Crippen LogP contribution is 2.26. The zero-order chi connectivity index (χ0) is 16.3. The molecule has 2 aromatic rings. The Morgan fingerprint density at radius 1 is 1.27 bits per heavy atom. The summed E-state index contributed by atoms with van der Waals surface area (Å²) in [4.78, 5) is 1.27. The molecular weight excluding hydrogens is 320 g/mol. The van der Waals surface area contributed by atoms with Gasteiger partial charge < -0.3 is 9.73 Å². The van der Waals surface area contributed by atoms with Crippen molar-refractivity contribution in [2.45, 2.75) is 31.5 Å². The van der Waals surface area contributed by atoms with E-state index in [0.29, 0.717) is 18.2 Å². The normalized spacial score (nSPS) is 13.9. The molecule has 22 heavy (non-hydrogen) atoms. The van der Waals surface area contributed by atoms with Gasteiger partial charge in [-0.05, 0) is 29.5 Å². The Bertz CT molecular complexity index is 688. The molecule has 1 atom stereocenters. The lowest BCUT2D eigenvalue weighted by molar-refractivity contribution is 0.357. The van der Waals surface area contributed by atoms with Crippen LogP contribution in [0.1, 0.15) is 30.5 Å². The van der Waals surface area contributed by atoms with Crippen LogP contribution in [0.4, 0.5) is 0 Å². The Kier molecular flexibility index (Phi) is 5.44. The van der Waals surface area contributed by atoms with Crippen molar-refractivity contribution < 1.29 is 12.8 Å². The van der Waals surface area contributed by atoms with Gasteiger partial charge in [-0.2, -0.15) is 0 Å². The fourth-order valence-corrected chi connectivity index (χ4v) is 3.90. The van der Waals surface area contributed by atoms with Crippen LogP contribution in [-0.4, -0.2) is 26.8 Å². The van der Waals surface area contributed by atoms with Gasteiger partial charge in [-0.1, -0.05) is 19.9 Å². The number of nitrogens with one attached hydrogen (secondary N) is 1. The molecule has 0 aliphatic rings.